The van der Waals surface area contributed by atoms with Gasteiger partial charge in [-0.1, -0.05) is 63.2 Å². The summed E-state index contributed by atoms with van der Waals surface area (Å²) in [5, 5.41) is 12.1. The molecular formula is C23H21BrN6OS. The van der Waals surface area contributed by atoms with Crippen LogP contribution in [0.2, 0.25) is 0 Å². The highest BCUT2D eigenvalue weighted by atomic mass is 79.9. The van der Waals surface area contributed by atoms with Crippen LogP contribution in [0.15, 0.2) is 82.7 Å². The third-order valence-electron chi connectivity index (χ3n) is 4.70. The van der Waals surface area contributed by atoms with Crippen LogP contribution in [0.1, 0.15) is 28.2 Å². The fraction of sp³-hybridized carbons (Fsp3) is 0.174. The predicted octanol–water partition coefficient (Wildman–Crippen LogP) is 4.47. The summed E-state index contributed by atoms with van der Waals surface area (Å²) >= 11 is 4.88. The molecule has 9 heteroatoms. The number of benzene rings is 2. The maximum absolute atomic E-state index is 12.9. The highest BCUT2D eigenvalue weighted by molar-refractivity contribution is 9.10. The molecule has 7 nitrogen and oxygen atoms in total. The van der Waals surface area contributed by atoms with Crippen molar-refractivity contribution in [3.63, 3.8) is 0 Å². The number of hydrogen-bond acceptors (Lipinski definition) is 6. The Morgan fingerprint density at radius 2 is 1.75 bits per heavy atom. The lowest BCUT2D eigenvalue weighted by Gasteiger charge is -2.09. The Balaban J connectivity index is 1.48. The van der Waals surface area contributed by atoms with Gasteiger partial charge in [-0.25, -0.2) is 14.6 Å². The van der Waals surface area contributed by atoms with Crippen LogP contribution in [0.5, 0.6) is 0 Å². The molecule has 2 aromatic heterocycles. The normalized spacial score (nSPS) is 10.8. The molecule has 0 saturated carbocycles. The average molecular weight is 509 g/mol. The van der Waals surface area contributed by atoms with Crippen molar-refractivity contribution in [2.24, 2.45) is 0 Å². The van der Waals surface area contributed by atoms with Gasteiger partial charge < -0.3 is 5.32 Å². The summed E-state index contributed by atoms with van der Waals surface area (Å²) in [6.07, 6.45) is 5.14. The van der Waals surface area contributed by atoms with Gasteiger partial charge in [0.1, 0.15) is 0 Å². The smallest absolute Gasteiger partial charge is 0.273 e. The van der Waals surface area contributed by atoms with E-state index >= 15 is 0 Å². The van der Waals surface area contributed by atoms with Crippen LogP contribution in [-0.2, 0) is 12.2 Å². The Kier molecular flexibility index (Phi) is 7.63. The van der Waals surface area contributed by atoms with Crippen LogP contribution in [0.4, 0.5) is 0 Å². The van der Waals surface area contributed by atoms with Gasteiger partial charge in [-0.2, -0.15) is 0 Å². The number of thioether (sulfide) groups is 1. The first kappa shape index (κ1) is 22.2. The predicted molar refractivity (Wildman–Crippen MR) is 128 cm³/mol. The molecule has 0 saturated heterocycles. The Morgan fingerprint density at radius 3 is 2.50 bits per heavy atom. The van der Waals surface area contributed by atoms with Crippen molar-refractivity contribution in [3.8, 4) is 5.69 Å². The molecule has 0 fully saturated rings. The molecule has 0 bridgehead atoms. The molecule has 1 amide bonds. The number of nitrogens with one attached hydrogen (secondary N) is 1. The van der Waals surface area contributed by atoms with Gasteiger partial charge in [-0.3, -0.25) is 4.79 Å². The molecule has 0 aliphatic rings. The second-order valence-corrected chi connectivity index (χ2v) is 8.80. The summed E-state index contributed by atoms with van der Waals surface area (Å²) in [6.45, 7) is 0.563. The molecule has 2 heterocycles. The number of hydrogen-bond donors (Lipinski definition) is 1. The van der Waals surface area contributed by atoms with Crippen molar-refractivity contribution in [2.45, 2.75) is 23.8 Å². The highest BCUT2D eigenvalue weighted by Gasteiger charge is 2.21. The zero-order valence-electron chi connectivity index (χ0n) is 17.2. The Morgan fingerprint density at radius 1 is 1.00 bits per heavy atom. The summed E-state index contributed by atoms with van der Waals surface area (Å²) in [5.41, 5.74) is 3.10. The molecule has 0 atom stereocenters. The van der Waals surface area contributed by atoms with E-state index in [0.717, 1.165) is 23.0 Å². The maximum atomic E-state index is 12.9. The SMILES string of the molecule is O=C(NCCCc1ccccc1)c1nnn(-c2ccc(Br)cc2)c1CSc1ncccn1. The fourth-order valence-electron chi connectivity index (χ4n) is 3.11. The zero-order valence-corrected chi connectivity index (χ0v) is 19.6. The van der Waals surface area contributed by atoms with Crippen LogP contribution >= 0.6 is 27.7 Å². The molecular weight excluding hydrogens is 488 g/mol. The lowest BCUT2D eigenvalue weighted by molar-refractivity contribution is 0.0947. The lowest BCUT2D eigenvalue weighted by Crippen LogP contribution is -2.26. The van der Waals surface area contributed by atoms with Gasteiger partial charge in [-0.15, -0.1) is 5.10 Å². The van der Waals surface area contributed by atoms with E-state index in [9.17, 15) is 4.79 Å². The van der Waals surface area contributed by atoms with Crippen LogP contribution < -0.4 is 5.32 Å². The minimum Gasteiger partial charge on any atom is -0.351 e. The standard InChI is InChI=1S/C23H21BrN6OS/c24-18-9-11-19(12-10-18)30-20(16-32-23-26-14-5-15-27-23)21(28-29-30)22(31)25-13-4-8-17-6-2-1-3-7-17/h1-3,5-7,9-12,14-15H,4,8,13,16H2,(H,25,31). The molecule has 0 aliphatic carbocycles. The van der Waals surface area contributed by atoms with Crippen molar-refractivity contribution in [2.75, 3.05) is 6.54 Å². The van der Waals surface area contributed by atoms with Crippen LogP contribution in [0.25, 0.3) is 5.69 Å². The Bertz CT molecular complexity index is 1150. The highest BCUT2D eigenvalue weighted by Crippen LogP contribution is 2.23. The molecule has 4 rings (SSSR count). The minimum atomic E-state index is -0.231. The van der Waals surface area contributed by atoms with Crippen molar-refractivity contribution in [1.29, 1.82) is 0 Å². The first-order valence-corrected chi connectivity index (χ1v) is 11.9. The van der Waals surface area contributed by atoms with Crippen LogP contribution in [0.3, 0.4) is 0 Å². The third kappa shape index (κ3) is 5.80. The second kappa shape index (κ2) is 11.0. The maximum Gasteiger partial charge on any atom is 0.273 e. The number of amides is 1. The van der Waals surface area contributed by atoms with Gasteiger partial charge in [0.2, 0.25) is 0 Å². The molecule has 0 spiro atoms. The van der Waals surface area contributed by atoms with Crippen molar-refractivity contribution in [3.05, 3.63) is 94.5 Å². The van der Waals surface area contributed by atoms with Crippen molar-refractivity contribution in [1.82, 2.24) is 30.3 Å². The summed E-state index contributed by atoms with van der Waals surface area (Å²) in [6, 6.07) is 19.7. The van der Waals surface area contributed by atoms with Gasteiger partial charge in [0.15, 0.2) is 10.9 Å². The summed E-state index contributed by atoms with van der Waals surface area (Å²) in [5.74, 6) is 0.228. The third-order valence-corrected chi connectivity index (χ3v) is 6.12. The van der Waals surface area contributed by atoms with E-state index in [4.69, 9.17) is 0 Å². The quantitative estimate of drug-likeness (QED) is 0.204. The number of aromatic nitrogens is 5. The average Bonchev–Trinajstić information content (AvgIpc) is 3.26. The second-order valence-electron chi connectivity index (χ2n) is 6.94. The van der Waals surface area contributed by atoms with Gasteiger partial charge in [0.05, 0.1) is 11.4 Å². The number of halogens is 1. The number of carbonyl (C=O) groups is 1. The Labute approximate surface area is 198 Å². The van der Waals surface area contributed by atoms with Crippen LogP contribution in [0, 0.1) is 0 Å². The van der Waals surface area contributed by atoms with Gasteiger partial charge in [-0.05, 0) is 48.7 Å². The molecule has 1 N–H and O–H groups in total. The molecule has 2 aromatic carbocycles. The van der Waals surface area contributed by atoms with Crippen molar-refractivity contribution < 1.29 is 4.79 Å². The van der Waals surface area contributed by atoms with E-state index in [0.29, 0.717) is 28.8 Å². The lowest BCUT2D eigenvalue weighted by atomic mass is 10.1. The topological polar surface area (TPSA) is 85.6 Å². The molecule has 162 valence electrons. The molecule has 4 aromatic rings. The number of carbonyl (C=O) groups excluding carboxylic acids is 1. The van der Waals surface area contributed by atoms with E-state index < -0.39 is 0 Å². The van der Waals surface area contributed by atoms with E-state index in [1.165, 1.54) is 17.3 Å². The summed E-state index contributed by atoms with van der Waals surface area (Å²) in [4.78, 5) is 21.4. The largest absolute Gasteiger partial charge is 0.351 e. The summed E-state index contributed by atoms with van der Waals surface area (Å²) < 4.78 is 2.66. The number of nitrogens with zero attached hydrogens (tertiary/aromatic N) is 5. The first-order chi connectivity index (χ1) is 15.7. The zero-order chi connectivity index (χ0) is 22.2. The van der Waals surface area contributed by atoms with Gasteiger partial charge in [0.25, 0.3) is 5.91 Å². The molecule has 0 aliphatic heterocycles. The van der Waals surface area contributed by atoms with Gasteiger partial charge in [0, 0.05) is 29.2 Å². The first-order valence-electron chi connectivity index (χ1n) is 10.1. The van der Waals surface area contributed by atoms with Crippen LogP contribution in [-0.4, -0.2) is 37.4 Å². The van der Waals surface area contributed by atoms with Gasteiger partial charge >= 0.3 is 0 Å². The number of rotatable bonds is 9. The molecule has 0 radical (unpaired) electrons. The summed E-state index contributed by atoms with van der Waals surface area (Å²) in [7, 11) is 0. The molecule has 0 unspecified atom stereocenters. The van der Waals surface area contributed by atoms with Crippen molar-refractivity contribution >= 4 is 33.6 Å². The van der Waals surface area contributed by atoms with E-state index in [2.05, 4.69) is 53.7 Å². The number of aryl methyl sites for hydroxylation is 1. The van der Waals surface area contributed by atoms with E-state index in [-0.39, 0.29) is 5.91 Å². The minimum absolute atomic E-state index is 0.231. The fourth-order valence-corrected chi connectivity index (χ4v) is 4.17. The van der Waals surface area contributed by atoms with E-state index in [1.807, 2.05) is 42.5 Å². The Hall–Kier alpha value is -3.04. The molecule has 32 heavy (non-hydrogen) atoms. The monoisotopic (exact) mass is 508 g/mol. The van der Waals surface area contributed by atoms with E-state index in [1.54, 1.807) is 23.1 Å².